The molecule has 0 aromatic rings. The standard InChI is InChI=1S/C20H24O.CH4.3W.3Y/c1-14(2)15(3)12-21-13-16(4)18-10-17-8-7-9-20(5,6)19(17)11-18;;;;;;;/h11-13,18H,7-10H2,1,3,5-6H3;1H4;;;;;;/q-4;;;;;;;/b15-14?,16-13-;;;;;;;. The van der Waals surface area contributed by atoms with Crippen LogP contribution in [0.5, 0.6) is 0 Å². The van der Waals surface area contributed by atoms with Crippen LogP contribution in [0.3, 0.4) is 0 Å². The third-order valence-electron chi connectivity index (χ3n) is 4.93. The third-order valence-corrected chi connectivity index (χ3v) is 6.87. The van der Waals surface area contributed by atoms with Gasteiger partial charge in [-0.3, -0.25) is 0 Å². The van der Waals surface area contributed by atoms with E-state index in [2.05, 4.69) is 42.9 Å². The maximum Gasteiger partial charge on any atom is 0 e. The van der Waals surface area contributed by atoms with Gasteiger partial charge in [-0.1, -0.05) is 7.43 Å². The second-order valence-electron chi connectivity index (χ2n) is 7.07. The van der Waals surface area contributed by atoms with Crippen LogP contribution in [0.4, 0.5) is 0 Å². The first-order valence-corrected chi connectivity index (χ1v) is 11.0. The molecule has 0 bridgehead atoms. The zero-order valence-electron chi connectivity index (χ0n) is 16.5. The summed E-state index contributed by atoms with van der Waals surface area (Å²) in [6.45, 7) is 10.7. The van der Waals surface area contributed by atoms with Crippen molar-refractivity contribution < 1.29 is 163 Å². The Morgan fingerprint density at radius 3 is 2.32 bits per heavy atom. The van der Waals surface area contributed by atoms with E-state index in [9.17, 15) is 0 Å². The fourth-order valence-corrected chi connectivity index (χ4v) is 4.63. The van der Waals surface area contributed by atoms with Gasteiger partial charge in [-0.05, 0) is 0 Å². The van der Waals surface area contributed by atoms with Crippen molar-refractivity contribution in [3.05, 3.63) is 47.2 Å². The van der Waals surface area contributed by atoms with Gasteiger partial charge < -0.3 is 0 Å². The van der Waals surface area contributed by atoms with Gasteiger partial charge in [0.25, 0.3) is 0 Å². The summed E-state index contributed by atoms with van der Waals surface area (Å²) in [5.74, 6) is 0.447. The number of allylic oxidation sites excluding steroid dienone is 4. The van der Waals surface area contributed by atoms with Crippen molar-refractivity contribution in [2.24, 2.45) is 11.3 Å². The smallest absolute Gasteiger partial charge is 0 e. The summed E-state index contributed by atoms with van der Waals surface area (Å²) >= 11 is 2.70. The van der Waals surface area contributed by atoms with Crippen LogP contribution in [0, 0.1) is 24.4 Å². The van der Waals surface area contributed by atoms with Gasteiger partial charge in [-0.25, -0.2) is 0 Å². The molecule has 0 saturated heterocycles. The van der Waals surface area contributed by atoms with Crippen LogP contribution in [-0.4, -0.2) is 8.80 Å². The van der Waals surface area contributed by atoms with E-state index < -0.39 is 0 Å². The molecule has 2 aliphatic carbocycles. The van der Waals surface area contributed by atoms with Crippen LogP contribution in [-0.2, 0) is 163 Å². The van der Waals surface area contributed by atoms with E-state index in [0.29, 0.717) is 11.3 Å². The fraction of sp³-hybridized carbons (Fsp3) is 0.524. The molecule has 2 aliphatic rings. The minimum absolute atomic E-state index is 0. The second-order valence-corrected chi connectivity index (χ2v) is 8.54. The van der Waals surface area contributed by atoms with Crippen LogP contribution >= 0.6 is 0 Å². The summed E-state index contributed by atoms with van der Waals surface area (Å²) in [5.41, 5.74) is 7.09. The predicted octanol–water partition coefficient (Wildman–Crippen LogP) is 5.19. The second kappa shape index (κ2) is 19.2. The van der Waals surface area contributed by atoms with Crippen molar-refractivity contribution in [3.8, 4) is 0 Å². The SMILES string of the molecule is C.CC([C-]=[W])=C(C)[CH-]O/C=C(/[C-]=[W])C1[CH-]C2=C(CCCC2(C)C)C1.[W].[Y].[Y].[Y]. The molecule has 1 nitrogen and oxygen atoms in total. The zero-order valence-corrected chi connectivity index (χ0v) is 33.8. The first kappa shape index (κ1) is 39.1. The molecule has 7 heteroatoms. The molecular formula is C21H28OW3Y3-4. The van der Waals surface area contributed by atoms with E-state index in [-0.39, 0.29) is 127 Å². The van der Waals surface area contributed by atoms with Crippen molar-refractivity contribution in [1.29, 1.82) is 0 Å². The molecule has 0 aromatic heterocycles. The van der Waals surface area contributed by atoms with Crippen LogP contribution in [0.25, 0.3) is 0 Å². The minimum atomic E-state index is 0. The van der Waals surface area contributed by atoms with Crippen molar-refractivity contribution >= 4 is 8.80 Å². The largest absolute Gasteiger partial charge is 0 e. The summed E-state index contributed by atoms with van der Waals surface area (Å²) in [7, 11) is 0. The quantitative estimate of drug-likeness (QED) is 0.263. The molecule has 0 spiro atoms. The average molecular weight is 1110 g/mol. The van der Waals surface area contributed by atoms with Gasteiger partial charge in [0.15, 0.2) is 0 Å². The third kappa shape index (κ3) is 11.3. The van der Waals surface area contributed by atoms with E-state index in [1.165, 1.54) is 63.5 Å². The molecule has 0 saturated carbocycles. The Morgan fingerprint density at radius 2 is 1.82 bits per heavy atom. The minimum Gasteiger partial charge on any atom is 0 e. The van der Waals surface area contributed by atoms with Gasteiger partial charge in [-0.15, -0.1) is 0 Å². The first-order valence-electron chi connectivity index (χ1n) is 8.09. The summed E-state index contributed by atoms with van der Waals surface area (Å²) in [4.78, 5) is 0. The van der Waals surface area contributed by atoms with Crippen LogP contribution in [0.2, 0.25) is 0 Å². The molecule has 2 rings (SSSR count). The number of ether oxygens (including phenoxy) is 1. The zero-order chi connectivity index (χ0) is 17.0. The molecule has 3 radical (unpaired) electrons. The Labute approximate surface area is 285 Å². The summed E-state index contributed by atoms with van der Waals surface area (Å²) in [5, 5.41) is 0. The molecule has 1 unspecified atom stereocenters. The van der Waals surface area contributed by atoms with Gasteiger partial charge in [0.05, 0.1) is 0 Å². The predicted molar refractivity (Wildman–Crippen MR) is 95.7 cm³/mol. The van der Waals surface area contributed by atoms with Crippen LogP contribution in [0.1, 0.15) is 60.8 Å². The molecule has 28 heavy (non-hydrogen) atoms. The van der Waals surface area contributed by atoms with E-state index in [4.69, 9.17) is 4.74 Å². The maximum atomic E-state index is 5.73. The summed E-state index contributed by atoms with van der Waals surface area (Å²) in [6.07, 6.45) is 9.42. The molecule has 0 aromatic carbocycles. The van der Waals surface area contributed by atoms with Gasteiger partial charge in [0, 0.05) is 119 Å². The van der Waals surface area contributed by atoms with Crippen molar-refractivity contribution in [2.75, 3.05) is 0 Å². The van der Waals surface area contributed by atoms with E-state index in [1.54, 1.807) is 11.1 Å². The molecule has 0 N–H and O–H groups in total. The van der Waals surface area contributed by atoms with Gasteiger partial charge in [0.1, 0.15) is 0 Å². The number of rotatable bonds is 6. The van der Waals surface area contributed by atoms with Crippen LogP contribution in [0.15, 0.2) is 34.1 Å². The van der Waals surface area contributed by atoms with Crippen molar-refractivity contribution in [2.45, 2.75) is 60.8 Å². The molecule has 0 heterocycles. The summed E-state index contributed by atoms with van der Waals surface area (Å²) < 4.78 is 12.4. The Bertz CT molecular complexity index is 596. The Hall–Kier alpha value is 3.88. The fourth-order valence-electron chi connectivity index (χ4n) is 3.34. The van der Waals surface area contributed by atoms with Gasteiger partial charge >= 0.3 is 164 Å². The van der Waals surface area contributed by atoms with Gasteiger partial charge in [0.2, 0.25) is 0 Å². The Balaban J connectivity index is -0.000000576. The van der Waals surface area contributed by atoms with E-state index in [0.717, 1.165) is 17.6 Å². The first-order chi connectivity index (χ1) is 10.9. The molecule has 0 amide bonds. The van der Waals surface area contributed by atoms with E-state index in [1.807, 2.05) is 12.9 Å². The Morgan fingerprint density at radius 1 is 1.21 bits per heavy atom. The van der Waals surface area contributed by atoms with Crippen LogP contribution < -0.4 is 0 Å². The van der Waals surface area contributed by atoms with Crippen molar-refractivity contribution in [1.82, 2.24) is 0 Å². The maximum absolute atomic E-state index is 5.73. The molecule has 1 atom stereocenters. The normalized spacial score (nSPS) is 20.0. The molecule has 0 fully saturated rings. The summed E-state index contributed by atoms with van der Waals surface area (Å²) in [6, 6.07) is 0. The van der Waals surface area contributed by atoms with Crippen molar-refractivity contribution in [3.63, 3.8) is 0 Å². The number of hydrogen-bond donors (Lipinski definition) is 0. The molecule has 0 aliphatic heterocycles. The number of hydrogen-bond acceptors (Lipinski definition) is 1. The Kier molecular flexibility index (Phi) is 26.8. The molecular weight excluding hydrogens is 1090 g/mol. The topological polar surface area (TPSA) is 9.23 Å². The van der Waals surface area contributed by atoms with E-state index >= 15 is 0 Å². The average Bonchev–Trinajstić information content (AvgIpc) is 2.95. The molecule has 149 valence electrons. The monoisotopic (exact) mass is 1110 g/mol. The van der Waals surface area contributed by atoms with Gasteiger partial charge in [-0.2, -0.15) is 0 Å².